The molecule has 1 aromatic carbocycles. The number of methoxy groups -OCH3 is 1. The van der Waals surface area contributed by atoms with Crippen LogP contribution in [0.25, 0.3) is 0 Å². The van der Waals surface area contributed by atoms with Crippen LogP contribution in [0.3, 0.4) is 0 Å². The SMILES string of the molecule is CCNC(=NCc1ccc(OC)cc1)NCCN1CCCCC1.I. The van der Waals surface area contributed by atoms with Gasteiger partial charge in [-0.1, -0.05) is 18.6 Å². The Bertz CT molecular complexity index is 472. The van der Waals surface area contributed by atoms with Crippen molar-refractivity contribution in [2.75, 3.05) is 39.8 Å². The second kappa shape index (κ2) is 12.4. The molecule has 1 aliphatic heterocycles. The summed E-state index contributed by atoms with van der Waals surface area (Å²) in [6, 6.07) is 8.06. The molecule has 0 amide bonds. The molecule has 0 bridgehead atoms. The Morgan fingerprint density at radius 1 is 1.12 bits per heavy atom. The highest BCUT2D eigenvalue weighted by Gasteiger charge is 2.09. The van der Waals surface area contributed by atoms with Crippen molar-refractivity contribution in [3.63, 3.8) is 0 Å². The van der Waals surface area contributed by atoms with Crippen LogP contribution in [0.2, 0.25) is 0 Å². The molecule has 1 saturated heterocycles. The third-order valence-electron chi connectivity index (χ3n) is 4.09. The number of rotatable bonds is 7. The third-order valence-corrected chi connectivity index (χ3v) is 4.09. The normalized spacial score (nSPS) is 15.5. The molecule has 2 N–H and O–H groups in total. The lowest BCUT2D eigenvalue weighted by Gasteiger charge is -2.26. The van der Waals surface area contributed by atoms with E-state index < -0.39 is 0 Å². The van der Waals surface area contributed by atoms with Crippen LogP contribution in [-0.2, 0) is 6.54 Å². The molecule has 0 radical (unpaired) electrons. The minimum atomic E-state index is 0. The average Bonchev–Trinajstić information content (AvgIpc) is 2.61. The summed E-state index contributed by atoms with van der Waals surface area (Å²) in [5.41, 5.74) is 1.18. The molecule has 6 heteroatoms. The molecule has 0 aromatic heterocycles. The lowest BCUT2D eigenvalue weighted by atomic mass is 10.1. The summed E-state index contributed by atoms with van der Waals surface area (Å²) >= 11 is 0. The number of piperidine rings is 1. The maximum absolute atomic E-state index is 5.18. The quantitative estimate of drug-likeness (QED) is 0.384. The van der Waals surface area contributed by atoms with Crippen molar-refractivity contribution in [2.45, 2.75) is 32.7 Å². The van der Waals surface area contributed by atoms with Gasteiger partial charge in [0, 0.05) is 19.6 Å². The van der Waals surface area contributed by atoms with Crippen LogP contribution in [-0.4, -0.2) is 50.7 Å². The Kier molecular flexibility index (Phi) is 10.8. The number of likely N-dealkylation sites (tertiary alicyclic amines) is 1. The molecule has 1 aliphatic rings. The van der Waals surface area contributed by atoms with Crippen LogP contribution < -0.4 is 15.4 Å². The number of guanidine groups is 1. The lowest BCUT2D eigenvalue weighted by molar-refractivity contribution is 0.232. The van der Waals surface area contributed by atoms with Gasteiger partial charge in [-0.25, -0.2) is 4.99 Å². The smallest absolute Gasteiger partial charge is 0.191 e. The number of nitrogens with zero attached hydrogens (tertiary/aromatic N) is 2. The first kappa shape index (κ1) is 21.0. The highest BCUT2D eigenvalue weighted by molar-refractivity contribution is 14.0. The van der Waals surface area contributed by atoms with E-state index in [2.05, 4.69) is 39.6 Å². The van der Waals surface area contributed by atoms with Crippen LogP contribution in [0.5, 0.6) is 5.75 Å². The van der Waals surface area contributed by atoms with E-state index in [1.165, 1.54) is 37.9 Å². The monoisotopic (exact) mass is 446 g/mol. The Labute approximate surface area is 163 Å². The summed E-state index contributed by atoms with van der Waals surface area (Å²) in [4.78, 5) is 7.19. The van der Waals surface area contributed by atoms with Crippen molar-refractivity contribution < 1.29 is 4.74 Å². The van der Waals surface area contributed by atoms with Crippen LogP contribution in [0.15, 0.2) is 29.3 Å². The van der Waals surface area contributed by atoms with Crippen LogP contribution in [0.4, 0.5) is 0 Å². The van der Waals surface area contributed by atoms with Gasteiger partial charge < -0.3 is 20.3 Å². The number of hydrogen-bond donors (Lipinski definition) is 2. The number of ether oxygens (including phenoxy) is 1. The Hall–Kier alpha value is -1.02. The summed E-state index contributed by atoms with van der Waals surface area (Å²) in [7, 11) is 1.68. The Morgan fingerprint density at radius 3 is 2.46 bits per heavy atom. The van der Waals surface area contributed by atoms with E-state index in [9.17, 15) is 0 Å². The van der Waals surface area contributed by atoms with E-state index in [0.29, 0.717) is 6.54 Å². The fourth-order valence-corrected chi connectivity index (χ4v) is 2.76. The fourth-order valence-electron chi connectivity index (χ4n) is 2.76. The second-order valence-corrected chi connectivity index (χ2v) is 5.87. The van der Waals surface area contributed by atoms with Crippen molar-refractivity contribution in [1.82, 2.24) is 15.5 Å². The van der Waals surface area contributed by atoms with Crippen molar-refractivity contribution in [2.24, 2.45) is 4.99 Å². The maximum atomic E-state index is 5.18. The Morgan fingerprint density at radius 2 is 1.83 bits per heavy atom. The minimum Gasteiger partial charge on any atom is -0.497 e. The van der Waals surface area contributed by atoms with Gasteiger partial charge >= 0.3 is 0 Å². The lowest BCUT2D eigenvalue weighted by Crippen LogP contribution is -2.42. The number of aliphatic imine (C=N–C) groups is 1. The average molecular weight is 446 g/mol. The molecule has 1 heterocycles. The minimum absolute atomic E-state index is 0. The maximum Gasteiger partial charge on any atom is 0.191 e. The van der Waals surface area contributed by atoms with Crippen molar-refractivity contribution in [1.29, 1.82) is 0 Å². The Balaban J connectivity index is 0.00000288. The molecule has 1 fully saturated rings. The van der Waals surface area contributed by atoms with Crippen molar-refractivity contribution >= 4 is 29.9 Å². The van der Waals surface area contributed by atoms with Gasteiger partial charge in [0.25, 0.3) is 0 Å². The van der Waals surface area contributed by atoms with Gasteiger partial charge in [-0.3, -0.25) is 0 Å². The topological polar surface area (TPSA) is 48.9 Å². The van der Waals surface area contributed by atoms with Crippen LogP contribution in [0, 0.1) is 0 Å². The van der Waals surface area contributed by atoms with Gasteiger partial charge in [0.15, 0.2) is 5.96 Å². The molecule has 0 aliphatic carbocycles. The summed E-state index contributed by atoms with van der Waals surface area (Å²) in [6.45, 7) is 8.14. The molecule has 0 unspecified atom stereocenters. The summed E-state index contributed by atoms with van der Waals surface area (Å²) in [5.74, 6) is 1.77. The van der Waals surface area contributed by atoms with Crippen molar-refractivity contribution in [3.8, 4) is 5.75 Å². The molecular formula is C18H31IN4O. The van der Waals surface area contributed by atoms with Gasteiger partial charge in [0.05, 0.1) is 13.7 Å². The zero-order valence-electron chi connectivity index (χ0n) is 14.9. The third kappa shape index (κ3) is 7.70. The van der Waals surface area contributed by atoms with Crippen molar-refractivity contribution in [3.05, 3.63) is 29.8 Å². The highest BCUT2D eigenvalue weighted by Crippen LogP contribution is 2.11. The first-order valence-electron chi connectivity index (χ1n) is 8.69. The highest BCUT2D eigenvalue weighted by atomic mass is 127. The largest absolute Gasteiger partial charge is 0.497 e. The van der Waals surface area contributed by atoms with Crippen LogP contribution in [0.1, 0.15) is 31.7 Å². The van der Waals surface area contributed by atoms with E-state index in [4.69, 9.17) is 4.74 Å². The summed E-state index contributed by atoms with van der Waals surface area (Å²) in [5, 5.41) is 6.74. The molecule has 0 saturated carbocycles. The molecule has 24 heavy (non-hydrogen) atoms. The molecule has 136 valence electrons. The fraction of sp³-hybridized carbons (Fsp3) is 0.611. The van der Waals surface area contributed by atoms with Gasteiger partial charge in [0.2, 0.25) is 0 Å². The predicted molar refractivity (Wildman–Crippen MR) is 112 cm³/mol. The molecule has 1 aromatic rings. The second-order valence-electron chi connectivity index (χ2n) is 5.87. The zero-order chi connectivity index (χ0) is 16.3. The van der Waals surface area contributed by atoms with Gasteiger partial charge in [0.1, 0.15) is 5.75 Å². The predicted octanol–water partition coefficient (Wildman–Crippen LogP) is 2.85. The van der Waals surface area contributed by atoms with Gasteiger partial charge in [-0.2, -0.15) is 0 Å². The summed E-state index contributed by atoms with van der Waals surface area (Å²) in [6.07, 6.45) is 4.06. The number of hydrogen-bond acceptors (Lipinski definition) is 3. The number of halogens is 1. The molecule has 0 spiro atoms. The zero-order valence-corrected chi connectivity index (χ0v) is 17.2. The van der Waals surface area contributed by atoms with E-state index >= 15 is 0 Å². The van der Waals surface area contributed by atoms with Crippen LogP contribution >= 0.6 is 24.0 Å². The summed E-state index contributed by atoms with van der Waals surface area (Å²) < 4.78 is 5.18. The first-order chi connectivity index (χ1) is 11.3. The molecule has 2 rings (SSSR count). The first-order valence-corrected chi connectivity index (χ1v) is 8.69. The van der Waals surface area contributed by atoms with E-state index in [0.717, 1.165) is 31.3 Å². The van der Waals surface area contributed by atoms with E-state index in [1.54, 1.807) is 7.11 Å². The number of benzene rings is 1. The standard InChI is InChI=1S/C18H30N4O.HI/c1-3-19-18(20-11-14-22-12-5-4-6-13-22)21-15-16-7-9-17(23-2)10-8-16;/h7-10H,3-6,11-15H2,1-2H3,(H2,19,20,21);1H. The molecule has 0 atom stereocenters. The van der Waals surface area contributed by atoms with Gasteiger partial charge in [-0.05, 0) is 50.6 Å². The van der Waals surface area contributed by atoms with E-state index in [1.807, 2.05) is 12.1 Å². The molecule has 5 nitrogen and oxygen atoms in total. The van der Waals surface area contributed by atoms with Gasteiger partial charge in [-0.15, -0.1) is 24.0 Å². The van der Waals surface area contributed by atoms with E-state index in [-0.39, 0.29) is 24.0 Å². The number of nitrogens with one attached hydrogen (secondary N) is 2. The molecular weight excluding hydrogens is 415 g/mol.